The Morgan fingerprint density at radius 2 is 1.85 bits per heavy atom. The van der Waals surface area contributed by atoms with Crippen molar-refractivity contribution < 1.29 is 4.79 Å². The van der Waals surface area contributed by atoms with Gasteiger partial charge in [-0.05, 0) is 25.8 Å². The maximum Gasteiger partial charge on any atom is 0.222 e. The minimum Gasteiger partial charge on any atom is -0.342 e. The summed E-state index contributed by atoms with van der Waals surface area (Å²) in [5.74, 6) is 1.01. The average molecular weight is 282 g/mol. The number of nitrogens with zero attached hydrogens (tertiary/aromatic N) is 1. The third-order valence-electron chi connectivity index (χ3n) is 4.73. The number of hydrogen-bond acceptors (Lipinski definition) is 2. The van der Waals surface area contributed by atoms with E-state index in [1.54, 1.807) is 0 Å². The molecule has 1 saturated heterocycles. The Morgan fingerprint density at radius 3 is 2.50 bits per heavy atom. The van der Waals surface area contributed by atoms with Crippen LogP contribution in [0.3, 0.4) is 0 Å². The predicted octanol–water partition coefficient (Wildman–Crippen LogP) is 3.58. The molecule has 2 atom stereocenters. The van der Waals surface area contributed by atoms with Crippen molar-refractivity contribution in [2.24, 2.45) is 5.92 Å². The van der Waals surface area contributed by atoms with Crippen molar-refractivity contribution >= 4 is 5.91 Å². The van der Waals surface area contributed by atoms with Crippen molar-refractivity contribution in [3.05, 3.63) is 0 Å². The highest BCUT2D eigenvalue weighted by Gasteiger charge is 2.28. The third-order valence-corrected chi connectivity index (χ3v) is 4.73. The molecule has 2 unspecified atom stereocenters. The van der Waals surface area contributed by atoms with Gasteiger partial charge < -0.3 is 10.2 Å². The van der Waals surface area contributed by atoms with Gasteiger partial charge in [0.1, 0.15) is 0 Å². The second-order valence-electron chi connectivity index (χ2n) is 6.21. The molecule has 3 nitrogen and oxygen atoms in total. The molecular formula is C17H34N2O. The number of rotatable bonds is 9. The molecule has 1 heterocycles. The molecule has 0 aromatic carbocycles. The van der Waals surface area contributed by atoms with Gasteiger partial charge in [0.05, 0.1) is 0 Å². The highest BCUT2D eigenvalue weighted by Crippen LogP contribution is 2.21. The van der Waals surface area contributed by atoms with Crippen molar-refractivity contribution in [2.45, 2.75) is 77.7 Å². The number of carbonyl (C=O) groups is 1. The van der Waals surface area contributed by atoms with Crippen LogP contribution in [0.15, 0.2) is 0 Å². The normalized spacial score (nSPS) is 23.1. The Hall–Kier alpha value is -0.570. The fourth-order valence-electron chi connectivity index (χ4n) is 3.27. The van der Waals surface area contributed by atoms with Crippen molar-refractivity contribution in [3.63, 3.8) is 0 Å². The fourth-order valence-corrected chi connectivity index (χ4v) is 3.27. The van der Waals surface area contributed by atoms with Gasteiger partial charge in [-0.25, -0.2) is 0 Å². The highest BCUT2D eigenvalue weighted by molar-refractivity contribution is 5.76. The summed E-state index contributed by atoms with van der Waals surface area (Å²) in [5.41, 5.74) is 0. The molecule has 1 aliphatic rings. The summed E-state index contributed by atoms with van der Waals surface area (Å²) in [6.07, 6.45) is 10.6. The van der Waals surface area contributed by atoms with Crippen LogP contribution in [-0.2, 0) is 4.79 Å². The van der Waals surface area contributed by atoms with Crippen LogP contribution < -0.4 is 5.32 Å². The van der Waals surface area contributed by atoms with Gasteiger partial charge in [0.25, 0.3) is 0 Å². The zero-order valence-corrected chi connectivity index (χ0v) is 13.8. The van der Waals surface area contributed by atoms with Crippen molar-refractivity contribution in [1.29, 1.82) is 0 Å². The van der Waals surface area contributed by atoms with E-state index in [1.165, 1.54) is 32.1 Å². The van der Waals surface area contributed by atoms with Gasteiger partial charge in [-0.15, -0.1) is 0 Å². The zero-order valence-electron chi connectivity index (χ0n) is 13.8. The number of piperidine rings is 1. The van der Waals surface area contributed by atoms with E-state index in [0.29, 0.717) is 17.9 Å². The predicted molar refractivity (Wildman–Crippen MR) is 85.8 cm³/mol. The first-order valence-corrected chi connectivity index (χ1v) is 8.67. The molecule has 1 N–H and O–H groups in total. The lowest BCUT2D eigenvalue weighted by Crippen LogP contribution is -2.50. The summed E-state index contributed by atoms with van der Waals surface area (Å²) >= 11 is 0. The summed E-state index contributed by atoms with van der Waals surface area (Å²) < 4.78 is 0. The van der Waals surface area contributed by atoms with Gasteiger partial charge in [-0.2, -0.15) is 0 Å². The molecule has 0 bridgehead atoms. The first kappa shape index (κ1) is 17.5. The molecule has 0 aromatic rings. The van der Waals surface area contributed by atoms with Crippen LogP contribution in [-0.4, -0.2) is 37.0 Å². The average Bonchev–Trinajstić information content (AvgIpc) is 2.49. The van der Waals surface area contributed by atoms with E-state index in [1.807, 2.05) is 7.05 Å². The Kier molecular flexibility index (Phi) is 8.92. The Bertz CT molecular complexity index is 268. The maximum atomic E-state index is 12.2. The van der Waals surface area contributed by atoms with Gasteiger partial charge in [0, 0.05) is 25.6 Å². The minimum atomic E-state index is 0.383. The highest BCUT2D eigenvalue weighted by atomic mass is 16.2. The van der Waals surface area contributed by atoms with Gasteiger partial charge >= 0.3 is 0 Å². The molecule has 20 heavy (non-hydrogen) atoms. The molecule has 0 saturated carbocycles. The topological polar surface area (TPSA) is 32.3 Å². The minimum absolute atomic E-state index is 0.383. The van der Waals surface area contributed by atoms with Crippen molar-refractivity contribution in [2.75, 3.05) is 20.1 Å². The summed E-state index contributed by atoms with van der Waals surface area (Å²) in [5, 5.41) is 3.40. The number of carbonyl (C=O) groups excluding carboxylic acids is 1. The van der Waals surface area contributed by atoms with Gasteiger partial charge in [-0.3, -0.25) is 4.79 Å². The van der Waals surface area contributed by atoms with E-state index in [0.717, 1.165) is 38.8 Å². The standard InChI is InChI=1S/C17H34N2O/c1-4-6-7-8-9-10-11-17(20)19-13-12-16(18-3)15(5-2)14-19/h15-16,18H,4-14H2,1-3H3. The van der Waals surface area contributed by atoms with E-state index in [-0.39, 0.29) is 0 Å². The summed E-state index contributed by atoms with van der Waals surface area (Å²) in [6.45, 7) is 6.37. The van der Waals surface area contributed by atoms with Crippen LogP contribution in [0.1, 0.15) is 71.6 Å². The maximum absolute atomic E-state index is 12.2. The quantitative estimate of drug-likeness (QED) is 0.656. The molecule has 118 valence electrons. The lowest BCUT2D eigenvalue weighted by Gasteiger charge is -2.38. The van der Waals surface area contributed by atoms with Crippen LogP contribution in [0.25, 0.3) is 0 Å². The fraction of sp³-hybridized carbons (Fsp3) is 0.941. The van der Waals surface area contributed by atoms with Crippen LogP contribution in [0, 0.1) is 5.92 Å². The molecule has 0 spiro atoms. The Balaban J connectivity index is 2.20. The number of hydrogen-bond donors (Lipinski definition) is 1. The van der Waals surface area contributed by atoms with Crippen LogP contribution >= 0.6 is 0 Å². The number of unbranched alkanes of at least 4 members (excludes halogenated alkanes) is 5. The molecule has 1 amide bonds. The Labute approximate surface area is 125 Å². The molecule has 1 aliphatic heterocycles. The van der Waals surface area contributed by atoms with E-state index in [2.05, 4.69) is 24.1 Å². The van der Waals surface area contributed by atoms with Gasteiger partial charge in [0.15, 0.2) is 0 Å². The van der Waals surface area contributed by atoms with E-state index >= 15 is 0 Å². The second kappa shape index (κ2) is 10.2. The lowest BCUT2D eigenvalue weighted by molar-refractivity contribution is -0.133. The largest absolute Gasteiger partial charge is 0.342 e. The van der Waals surface area contributed by atoms with Crippen molar-refractivity contribution in [3.8, 4) is 0 Å². The SMILES string of the molecule is CCCCCCCCC(=O)N1CCC(NC)C(CC)C1. The molecule has 3 heteroatoms. The first-order valence-electron chi connectivity index (χ1n) is 8.67. The van der Waals surface area contributed by atoms with E-state index in [4.69, 9.17) is 0 Å². The Morgan fingerprint density at radius 1 is 1.15 bits per heavy atom. The van der Waals surface area contributed by atoms with Crippen LogP contribution in [0.5, 0.6) is 0 Å². The van der Waals surface area contributed by atoms with E-state index in [9.17, 15) is 4.79 Å². The molecule has 0 radical (unpaired) electrons. The molecule has 1 fully saturated rings. The monoisotopic (exact) mass is 282 g/mol. The molecule has 0 aliphatic carbocycles. The van der Waals surface area contributed by atoms with Crippen molar-refractivity contribution in [1.82, 2.24) is 10.2 Å². The third kappa shape index (κ3) is 5.82. The number of amides is 1. The van der Waals surface area contributed by atoms with E-state index < -0.39 is 0 Å². The smallest absolute Gasteiger partial charge is 0.222 e. The number of nitrogens with one attached hydrogen (secondary N) is 1. The molecular weight excluding hydrogens is 248 g/mol. The van der Waals surface area contributed by atoms with Crippen LogP contribution in [0.4, 0.5) is 0 Å². The van der Waals surface area contributed by atoms with Gasteiger partial charge in [-0.1, -0.05) is 52.4 Å². The molecule has 0 aromatic heterocycles. The summed E-state index contributed by atoms with van der Waals surface area (Å²) in [6, 6.07) is 0.595. The first-order chi connectivity index (χ1) is 9.72. The second-order valence-corrected chi connectivity index (χ2v) is 6.21. The zero-order chi connectivity index (χ0) is 14.8. The lowest BCUT2D eigenvalue weighted by atomic mass is 9.90. The summed E-state index contributed by atoms with van der Waals surface area (Å²) in [4.78, 5) is 14.4. The van der Waals surface area contributed by atoms with Crippen LogP contribution in [0.2, 0.25) is 0 Å². The summed E-state index contributed by atoms with van der Waals surface area (Å²) in [7, 11) is 2.04. The van der Waals surface area contributed by atoms with Gasteiger partial charge in [0.2, 0.25) is 5.91 Å². The molecule has 1 rings (SSSR count). The number of likely N-dealkylation sites (tertiary alicyclic amines) is 1.